The van der Waals surface area contributed by atoms with Gasteiger partial charge in [0.05, 0.1) is 0 Å². The highest BCUT2D eigenvalue weighted by molar-refractivity contribution is 5.85. The second-order valence-corrected chi connectivity index (χ2v) is 5.71. The van der Waals surface area contributed by atoms with E-state index < -0.39 is 0 Å². The minimum atomic E-state index is 0.0444. The largest absolute Gasteiger partial charge is 0.357 e. The van der Waals surface area contributed by atoms with Crippen LogP contribution >= 0.6 is 0 Å². The lowest BCUT2D eigenvalue weighted by Crippen LogP contribution is -2.46. The van der Waals surface area contributed by atoms with Crippen LogP contribution in [0, 0.1) is 5.92 Å². The minimum absolute atomic E-state index is 0.0444. The van der Waals surface area contributed by atoms with Gasteiger partial charge in [0.25, 0.3) is 0 Å². The maximum absolute atomic E-state index is 11.7. The molecule has 2 N–H and O–H groups in total. The molecule has 0 aromatic heterocycles. The Labute approximate surface area is 115 Å². The van der Waals surface area contributed by atoms with Gasteiger partial charge < -0.3 is 15.5 Å². The van der Waals surface area contributed by atoms with Gasteiger partial charge in [0.2, 0.25) is 5.91 Å². The lowest BCUT2D eigenvalue weighted by Gasteiger charge is -2.33. The molecule has 0 aromatic rings. The summed E-state index contributed by atoms with van der Waals surface area (Å²) in [4.78, 5) is 18.4. The SMILES string of the molecule is CCNC(=NCC(=O)NC1CC1)N1CCCC(C)C1. The van der Waals surface area contributed by atoms with Crippen LogP contribution in [-0.2, 0) is 4.79 Å². The molecule has 1 unspecified atom stereocenters. The Morgan fingerprint density at radius 3 is 2.79 bits per heavy atom. The van der Waals surface area contributed by atoms with Crippen molar-refractivity contribution in [1.29, 1.82) is 0 Å². The molecule has 0 radical (unpaired) electrons. The maximum atomic E-state index is 11.7. The molecule has 1 heterocycles. The van der Waals surface area contributed by atoms with Crippen LogP contribution in [0.1, 0.15) is 39.5 Å². The quantitative estimate of drug-likeness (QED) is 0.589. The highest BCUT2D eigenvalue weighted by atomic mass is 16.2. The van der Waals surface area contributed by atoms with E-state index in [1.54, 1.807) is 0 Å². The number of hydrogen-bond acceptors (Lipinski definition) is 2. The molecular weight excluding hydrogens is 240 g/mol. The van der Waals surface area contributed by atoms with E-state index in [2.05, 4.69) is 34.4 Å². The molecule has 0 bridgehead atoms. The van der Waals surface area contributed by atoms with Gasteiger partial charge in [-0.2, -0.15) is 0 Å². The van der Waals surface area contributed by atoms with Crippen LogP contribution in [0.25, 0.3) is 0 Å². The summed E-state index contributed by atoms with van der Waals surface area (Å²) in [7, 11) is 0. The first-order valence-electron chi connectivity index (χ1n) is 7.51. The average molecular weight is 266 g/mol. The van der Waals surface area contributed by atoms with Crippen LogP contribution in [0.4, 0.5) is 0 Å². The lowest BCUT2D eigenvalue weighted by molar-refractivity contribution is -0.119. The second-order valence-electron chi connectivity index (χ2n) is 5.71. The number of carbonyl (C=O) groups excluding carboxylic acids is 1. The first kappa shape index (κ1) is 14.2. The summed E-state index contributed by atoms with van der Waals surface area (Å²) in [6, 6.07) is 0.417. The Bertz CT molecular complexity index is 338. The van der Waals surface area contributed by atoms with Gasteiger partial charge in [-0.05, 0) is 38.5 Å². The molecular formula is C14H26N4O. The van der Waals surface area contributed by atoms with Crippen LogP contribution in [0.2, 0.25) is 0 Å². The molecule has 19 heavy (non-hydrogen) atoms. The number of aliphatic imine (C=N–C) groups is 1. The number of hydrogen-bond donors (Lipinski definition) is 2. The van der Waals surface area contributed by atoms with Crippen molar-refractivity contribution in [3.8, 4) is 0 Å². The number of nitrogens with zero attached hydrogens (tertiary/aromatic N) is 2. The molecule has 1 aliphatic carbocycles. The van der Waals surface area contributed by atoms with Gasteiger partial charge in [-0.15, -0.1) is 0 Å². The lowest BCUT2D eigenvalue weighted by atomic mass is 10.0. The van der Waals surface area contributed by atoms with Gasteiger partial charge >= 0.3 is 0 Å². The van der Waals surface area contributed by atoms with Gasteiger partial charge in [0.15, 0.2) is 5.96 Å². The smallest absolute Gasteiger partial charge is 0.242 e. The normalized spacial score (nSPS) is 24.2. The van der Waals surface area contributed by atoms with Crippen molar-refractivity contribution in [2.45, 2.75) is 45.6 Å². The van der Waals surface area contributed by atoms with Gasteiger partial charge in [-0.3, -0.25) is 4.79 Å². The van der Waals surface area contributed by atoms with Crippen molar-refractivity contribution in [2.75, 3.05) is 26.2 Å². The van der Waals surface area contributed by atoms with E-state index in [0.29, 0.717) is 12.0 Å². The van der Waals surface area contributed by atoms with Crippen molar-refractivity contribution in [3.05, 3.63) is 0 Å². The van der Waals surface area contributed by atoms with E-state index in [0.717, 1.165) is 38.4 Å². The molecule has 0 aromatic carbocycles. The molecule has 2 aliphatic rings. The summed E-state index contributed by atoms with van der Waals surface area (Å²) in [5.41, 5.74) is 0. The number of piperidine rings is 1. The molecule has 2 rings (SSSR count). The van der Waals surface area contributed by atoms with E-state index in [-0.39, 0.29) is 12.5 Å². The second kappa shape index (κ2) is 6.78. The van der Waals surface area contributed by atoms with Gasteiger partial charge in [-0.1, -0.05) is 6.92 Å². The number of amides is 1. The minimum Gasteiger partial charge on any atom is -0.357 e. The van der Waals surface area contributed by atoms with Gasteiger partial charge in [-0.25, -0.2) is 4.99 Å². The van der Waals surface area contributed by atoms with Crippen molar-refractivity contribution >= 4 is 11.9 Å². The van der Waals surface area contributed by atoms with Crippen LogP contribution in [0.5, 0.6) is 0 Å². The number of guanidine groups is 1. The van der Waals surface area contributed by atoms with Gasteiger partial charge in [0, 0.05) is 25.7 Å². The summed E-state index contributed by atoms with van der Waals surface area (Å²) in [6.07, 6.45) is 4.75. The molecule has 1 saturated heterocycles. The fraction of sp³-hybridized carbons (Fsp3) is 0.857. The Morgan fingerprint density at radius 1 is 1.37 bits per heavy atom. The Kier molecular flexibility index (Phi) is 5.05. The third kappa shape index (κ3) is 4.73. The fourth-order valence-electron chi connectivity index (χ4n) is 2.46. The molecule has 2 fully saturated rings. The van der Waals surface area contributed by atoms with E-state index in [1.165, 1.54) is 12.8 Å². The molecule has 0 spiro atoms. The number of rotatable bonds is 4. The van der Waals surface area contributed by atoms with E-state index in [1.807, 2.05) is 0 Å². The summed E-state index contributed by atoms with van der Waals surface area (Å²) in [6.45, 7) is 7.50. The Balaban J connectivity index is 1.87. The van der Waals surface area contributed by atoms with Crippen LogP contribution in [-0.4, -0.2) is 49.0 Å². The molecule has 108 valence electrons. The van der Waals surface area contributed by atoms with Gasteiger partial charge in [0.1, 0.15) is 6.54 Å². The van der Waals surface area contributed by atoms with E-state index in [9.17, 15) is 4.79 Å². The fourth-order valence-corrected chi connectivity index (χ4v) is 2.46. The number of likely N-dealkylation sites (tertiary alicyclic amines) is 1. The Morgan fingerprint density at radius 2 is 2.16 bits per heavy atom. The summed E-state index contributed by atoms with van der Waals surface area (Å²) in [5.74, 6) is 1.64. The first-order chi connectivity index (χ1) is 9.19. The summed E-state index contributed by atoms with van der Waals surface area (Å²) < 4.78 is 0. The predicted octanol–water partition coefficient (Wildman–Crippen LogP) is 0.962. The van der Waals surface area contributed by atoms with Crippen molar-refractivity contribution in [2.24, 2.45) is 10.9 Å². The number of nitrogens with one attached hydrogen (secondary N) is 2. The van der Waals surface area contributed by atoms with Crippen LogP contribution < -0.4 is 10.6 Å². The van der Waals surface area contributed by atoms with Crippen molar-refractivity contribution < 1.29 is 4.79 Å². The zero-order chi connectivity index (χ0) is 13.7. The van der Waals surface area contributed by atoms with Crippen LogP contribution in [0.15, 0.2) is 4.99 Å². The maximum Gasteiger partial charge on any atom is 0.242 e. The molecule has 1 amide bonds. The first-order valence-corrected chi connectivity index (χ1v) is 7.51. The summed E-state index contributed by atoms with van der Waals surface area (Å²) >= 11 is 0. The molecule has 5 heteroatoms. The standard InChI is InChI=1S/C14H26N4O/c1-3-15-14(18-8-4-5-11(2)10-18)16-9-13(19)17-12-6-7-12/h11-12H,3-10H2,1-2H3,(H,15,16)(H,17,19). The van der Waals surface area contributed by atoms with E-state index in [4.69, 9.17) is 0 Å². The number of carbonyl (C=O) groups is 1. The van der Waals surface area contributed by atoms with E-state index >= 15 is 0 Å². The van der Waals surface area contributed by atoms with Crippen LogP contribution in [0.3, 0.4) is 0 Å². The molecule has 5 nitrogen and oxygen atoms in total. The monoisotopic (exact) mass is 266 g/mol. The third-order valence-corrected chi connectivity index (χ3v) is 3.61. The molecule has 1 aliphatic heterocycles. The molecule has 1 saturated carbocycles. The highest BCUT2D eigenvalue weighted by Gasteiger charge is 2.23. The van der Waals surface area contributed by atoms with Crippen molar-refractivity contribution in [1.82, 2.24) is 15.5 Å². The Hall–Kier alpha value is -1.26. The zero-order valence-electron chi connectivity index (χ0n) is 12.1. The average Bonchev–Trinajstić information content (AvgIpc) is 3.18. The highest BCUT2D eigenvalue weighted by Crippen LogP contribution is 2.18. The van der Waals surface area contributed by atoms with Crippen molar-refractivity contribution in [3.63, 3.8) is 0 Å². The summed E-state index contributed by atoms with van der Waals surface area (Å²) in [5, 5.41) is 6.26. The zero-order valence-corrected chi connectivity index (χ0v) is 12.1. The topological polar surface area (TPSA) is 56.7 Å². The predicted molar refractivity (Wildman–Crippen MR) is 77.1 cm³/mol. The molecule has 1 atom stereocenters. The third-order valence-electron chi connectivity index (χ3n) is 3.61.